The number of hydrogen-bond donors (Lipinski definition) is 3. The average molecular weight is 227 g/mol. The predicted molar refractivity (Wildman–Crippen MR) is 54.5 cm³/mol. The molecule has 88 valence electrons. The van der Waals surface area contributed by atoms with Crippen molar-refractivity contribution in [2.75, 3.05) is 12.3 Å². The van der Waals surface area contributed by atoms with Crippen LogP contribution < -0.4 is 11.4 Å². The third kappa shape index (κ3) is 1.92. The molecule has 2 rings (SSSR count). The summed E-state index contributed by atoms with van der Waals surface area (Å²) in [5.41, 5.74) is 4.82. The molecular formula is C9H13N3O4. The van der Waals surface area contributed by atoms with E-state index in [0.29, 0.717) is 0 Å². The molecule has 1 aromatic heterocycles. The molecule has 0 bridgehead atoms. The van der Waals surface area contributed by atoms with Crippen LogP contribution in [0.3, 0.4) is 0 Å². The molecule has 3 atom stereocenters. The second kappa shape index (κ2) is 4.20. The highest BCUT2D eigenvalue weighted by molar-refractivity contribution is 5.23. The van der Waals surface area contributed by atoms with Gasteiger partial charge in [-0.05, 0) is 6.07 Å². The third-order valence-electron chi connectivity index (χ3n) is 2.55. The number of rotatable bonds is 2. The highest BCUT2D eigenvalue weighted by Gasteiger charge is 2.34. The molecule has 0 amide bonds. The average Bonchev–Trinajstić information content (AvgIpc) is 2.59. The number of hydrogen-bond acceptors (Lipinski definition) is 6. The van der Waals surface area contributed by atoms with E-state index in [9.17, 15) is 9.90 Å². The van der Waals surface area contributed by atoms with Gasteiger partial charge in [0.25, 0.3) is 0 Å². The summed E-state index contributed by atoms with van der Waals surface area (Å²) in [4.78, 5) is 15.0. The minimum Gasteiger partial charge on any atom is -0.394 e. The van der Waals surface area contributed by atoms with E-state index in [1.807, 2.05) is 0 Å². The summed E-state index contributed by atoms with van der Waals surface area (Å²) in [5.74, 6) is 0.138. The van der Waals surface area contributed by atoms with E-state index in [1.54, 1.807) is 0 Å². The molecule has 1 saturated heterocycles. The molecule has 0 saturated carbocycles. The molecule has 0 aromatic carbocycles. The standard InChI is InChI=1S/C9H13N3O4/c10-7-1-2-12(9(15)11-7)8-3-5(14)6(4-13)16-8/h1-2,5-6,8,13-14H,3-4H2,(H2,10,11,15)/t5-,6-,8-/m0/s1. The predicted octanol–water partition coefficient (Wildman–Crippen LogP) is -1.53. The van der Waals surface area contributed by atoms with Gasteiger partial charge < -0.3 is 20.7 Å². The lowest BCUT2D eigenvalue weighted by Gasteiger charge is -2.13. The lowest BCUT2D eigenvalue weighted by molar-refractivity contribution is -0.0458. The zero-order chi connectivity index (χ0) is 11.7. The number of aliphatic hydroxyl groups is 2. The van der Waals surface area contributed by atoms with E-state index in [0.717, 1.165) is 0 Å². The van der Waals surface area contributed by atoms with Gasteiger partial charge in [0.1, 0.15) is 18.1 Å². The Morgan fingerprint density at radius 1 is 1.69 bits per heavy atom. The molecule has 2 heterocycles. The van der Waals surface area contributed by atoms with Gasteiger partial charge in [-0.1, -0.05) is 0 Å². The Balaban J connectivity index is 2.23. The summed E-state index contributed by atoms with van der Waals surface area (Å²) in [5, 5.41) is 18.4. The fourth-order valence-corrected chi connectivity index (χ4v) is 1.70. The summed E-state index contributed by atoms with van der Waals surface area (Å²) >= 11 is 0. The van der Waals surface area contributed by atoms with Crippen molar-refractivity contribution in [3.63, 3.8) is 0 Å². The molecule has 16 heavy (non-hydrogen) atoms. The lowest BCUT2D eigenvalue weighted by Crippen LogP contribution is -2.27. The highest BCUT2D eigenvalue weighted by atomic mass is 16.5. The Bertz CT molecular complexity index is 433. The largest absolute Gasteiger partial charge is 0.394 e. The minimum atomic E-state index is -0.778. The van der Waals surface area contributed by atoms with Crippen LogP contribution in [-0.2, 0) is 4.74 Å². The molecule has 1 aromatic rings. The maximum Gasteiger partial charge on any atom is 0.351 e. The first kappa shape index (κ1) is 11.1. The molecule has 0 spiro atoms. The maximum absolute atomic E-state index is 11.5. The highest BCUT2D eigenvalue weighted by Crippen LogP contribution is 2.27. The topological polar surface area (TPSA) is 111 Å². The van der Waals surface area contributed by atoms with Gasteiger partial charge in [-0.25, -0.2) is 4.79 Å². The number of nitrogens with two attached hydrogens (primary N) is 1. The molecule has 7 heteroatoms. The van der Waals surface area contributed by atoms with Gasteiger partial charge in [0, 0.05) is 12.6 Å². The molecule has 7 nitrogen and oxygen atoms in total. The molecule has 0 aliphatic carbocycles. The Hall–Kier alpha value is -1.44. The van der Waals surface area contributed by atoms with Crippen LogP contribution >= 0.6 is 0 Å². The van der Waals surface area contributed by atoms with Crippen molar-refractivity contribution in [1.82, 2.24) is 9.55 Å². The first-order valence-corrected chi connectivity index (χ1v) is 4.91. The summed E-state index contributed by atoms with van der Waals surface area (Å²) in [7, 11) is 0. The fourth-order valence-electron chi connectivity index (χ4n) is 1.70. The summed E-state index contributed by atoms with van der Waals surface area (Å²) in [6.07, 6.45) is -0.333. The number of aliphatic hydroxyl groups excluding tert-OH is 2. The molecule has 4 N–H and O–H groups in total. The van der Waals surface area contributed by atoms with Gasteiger partial charge in [0.05, 0.1) is 12.7 Å². The SMILES string of the molecule is Nc1ccn([C@@H]2C[C@H](O)[C@H](CO)O2)c(=O)n1. The van der Waals surface area contributed by atoms with Gasteiger partial charge >= 0.3 is 5.69 Å². The summed E-state index contributed by atoms with van der Waals surface area (Å²) in [6.45, 7) is -0.283. The molecule has 1 aliphatic heterocycles. The van der Waals surface area contributed by atoms with Gasteiger partial charge in [-0.3, -0.25) is 4.57 Å². The quantitative estimate of drug-likeness (QED) is 0.565. The summed E-state index contributed by atoms with van der Waals surface area (Å²) in [6, 6.07) is 1.48. The van der Waals surface area contributed by atoms with Gasteiger partial charge in [-0.15, -0.1) is 0 Å². The van der Waals surface area contributed by atoms with E-state index in [-0.39, 0.29) is 18.8 Å². The zero-order valence-corrected chi connectivity index (χ0v) is 8.48. The normalized spacial score (nSPS) is 29.5. The molecule has 0 unspecified atom stereocenters. The number of anilines is 1. The van der Waals surface area contributed by atoms with Crippen LogP contribution in [0.5, 0.6) is 0 Å². The first-order valence-electron chi connectivity index (χ1n) is 4.91. The van der Waals surface area contributed by atoms with Crippen molar-refractivity contribution in [2.24, 2.45) is 0 Å². The van der Waals surface area contributed by atoms with Crippen molar-refractivity contribution in [2.45, 2.75) is 24.9 Å². The van der Waals surface area contributed by atoms with Crippen LogP contribution in [0.4, 0.5) is 5.82 Å². The lowest BCUT2D eigenvalue weighted by atomic mass is 10.2. The number of ether oxygens (including phenoxy) is 1. The van der Waals surface area contributed by atoms with E-state index in [1.165, 1.54) is 16.8 Å². The number of aromatic nitrogens is 2. The van der Waals surface area contributed by atoms with Gasteiger partial charge in [-0.2, -0.15) is 4.98 Å². The molecule has 0 radical (unpaired) electrons. The van der Waals surface area contributed by atoms with E-state index in [4.69, 9.17) is 15.6 Å². The Morgan fingerprint density at radius 2 is 2.44 bits per heavy atom. The van der Waals surface area contributed by atoms with Crippen molar-refractivity contribution in [3.8, 4) is 0 Å². The smallest absolute Gasteiger partial charge is 0.351 e. The van der Waals surface area contributed by atoms with Crippen LogP contribution in [0.25, 0.3) is 0 Å². The fraction of sp³-hybridized carbons (Fsp3) is 0.556. The van der Waals surface area contributed by atoms with E-state index >= 15 is 0 Å². The van der Waals surface area contributed by atoms with Crippen LogP contribution in [0.1, 0.15) is 12.6 Å². The Morgan fingerprint density at radius 3 is 3.00 bits per heavy atom. The maximum atomic E-state index is 11.5. The monoisotopic (exact) mass is 227 g/mol. The second-order valence-corrected chi connectivity index (χ2v) is 3.66. The van der Waals surface area contributed by atoms with Crippen LogP contribution in [0.15, 0.2) is 17.1 Å². The minimum absolute atomic E-state index is 0.138. The van der Waals surface area contributed by atoms with Gasteiger partial charge in [0.2, 0.25) is 0 Å². The molecule has 1 aliphatic rings. The van der Waals surface area contributed by atoms with Crippen LogP contribution in [0, 0.1) is 0 Å². The molecule has 1 fully saturated rings. The Labute approximate surface area is 91.1 Å². The summed E-state index contributed by atoms with van der Waals surface area (Å²) < 4.78 is 6.56. The van der Waals surface area contributed by atoms with Crippen LogP contribution in [-0.4, -0.2) is 38.6 Å². The van der Waals surface area contributed by atoms with Crippen molar-refractivity contribution >= 4 is 5.82 Å². The Kier molecular flexibility index (Phi) is 2.90. The van der Waals surface area contributed by atoms with Crippen molar-refractivity contribution < 1.29 is 14.9 Å². The molecular weight excluding hydrogens is 214 g/mol. The van der Waals surface area contributed by atoms with Crippen molar-refractivity contribution in [1.29, 1.82) is 0 Å². The van der Waals surface area contributed by atoms with Gasteiger partial charge in [0.15, 0.2) is 0 Å². The number of nitrogens with zero attached hydrogens (tertiary/aromatic N) is 2. The third-order valence-corrected chi connectivity index (χ3v) is 2.55. The van der Waals surface area contributed by atoms with Crippen LogP contribution in [0.2, 0.25) is 0 Å². The second-order valence-electron chi connectivity index (χ2n) is 3.66. The number of nitrogen functional groups attached to an aromatic ring is 1. The zero-order valence-electron chi connectivity index (χ0n) is 8.48. The van der Waals surface area contributed by atoms with E-state index < -0.39 is 24.1 Å². The van der Waals surface area contributed by atoms with Crippen molar-refractivity contribution in [3.05, 3.63) is 22.7 Å². The van der Waals surface area contributed by atoms with E-state index in [2.05, 4.69) is 4.98 Å². The first-order chi connectivity index (χ1) is 7.61.